The number of hydrogen-bond donors (Lipinski definition) is 2. The molecule has 0 radical (unpaired) electrons. The molecule has 7 nitrogen and oxygen atoms in total. The van der Waals surface area contributed by atoms with Gasteiger partial charge in [-0.25, -0.2) is 9.97 Å². The Morgan fingerprint density at radius 2 is 2.17 bits per heavy atom. The van der Waals surface area contributed by atoms with Gasteiger partial charge in [-0.15, -0.1) is 0 Å². The smallest absolute Gasteiger partial charge is 0.231 e. The number of aromatic nitrogens is 3. The predicted octanol–water partition coefficient (Wildman–Crippen LogP) is 2.43. The molecule has 23 heavy (non-hydrogen) atoms. The number of carbonyl (C=O) groups excluding carboxylic acids is 1. The number of aryl methyl sites for hydroxylation is 1. The Labute approximate surface area is 132 Å². The highest BCUT2D eigenvalue weighted by atomic mass is 16.4. The molecule has 1 amide bonds. The van der Waals surface area contributed by atoms with Crippen molar-refractivity contribution < 1.29 is 9.21 Å². The molecule has 2 aromatic heterocycles. The number of nitrogens with one attached hydrogen (secondary N) is 2. The molecule has 0 atom stereocenters. The van der Waals surface area contributed by atoms with E-state index in [-0.39, 0.29) is 23.8 Å². The lowest BCUT2D eigenvalue weighted by Crippen LogP contribution is -2.16. The van der Waals surface area contributed by atoms with Gasteiger partial charge in [-0.2, -0.15) is 5.26 Å². The maximum atomic E-state index is 12.1. The minimum Gasteiger partial charge on any atom is -0.441 e. The molecule has 0 saturated carbocycles. The van der Waals surface area contributed by atoms with E-state index >= 15 is 0 Å². The number of nitriles is 1. The SMILES string of the molecule is Cc1oc(-c2ccccc2)nc1CC(=O)Nc1nc[nH]c1C#N. The number of aromatic amines is 1. The van der Waals surface area contributed by atoms with Crippen molar-refractivity contribution in [3.63, 3.8) is 0 Å². The normalized spacial score (nSPS) is 10.3. The summed E-state index contributed by atoms with van der Waals surface area (Å²) < 4.78 is 5.62. The highest BCUT2D eigenvalue weighted by Gasteiger charge is 2.16. The molecule has 114 valence electrons. The topological polar surface area (TPSA) is 108 Å². The fourth-order valence-corrected chi connectivity index (χ4v) is 2.10. The maximum Gasteiger partial charge on any atom is 0.231 e. The van der Waals surface area contributed by atoms with Crippen LogP contribution in [0, 0.1) is 18.3 Å². The molecular formula is C16H13N5O2. The molecule has 0 spiro atoms. The third-order valence-corrected chi connectivity index (χ3v) is 3.25. The molecule has 0 unspecified atom stereocenters. The number of hydrogen-bond acceptors (Lipinski definition) is 5. The van der Waals surface area contributed by atoms with Crippen LogP contribution < -0.4 is 5.32 Å². The van der Waals surface area contributed by atoms with Gasteiger partial charge in [-0.3, -0.25) is 4.79 Å². The number of amides is 1. The van der Waals surface area contributed by atoms with E-state index in [1.54, 1.807) is 6.92 Å². The Morgan fingerprint density at radius 1 is 1.39 bits per heavy atom. The first-order valence-electron chi connectivity index (χ1n) is 6.92. The van der Waals surface area contributed by atoms with Gasteiger partial charge < -0.3 is 14.7 Å². The van der Waals surface area contributed by atoms with Crippen molar-refractivity contribution in [1.82, 2.24) is 15.0 Å². The zero-order valence-corrected chi connectivity index (χ0v) is 12.3. The number of H-pyrrole nitrogens is 1. The summed E-state index contributed by atoms with van der Waals surface area (Å²) in [7, 11) is 0. The van der Waals surface area contributed by atoms with Gasteiger partial charge in [-0.05, 0) is 19.1 Å². The van der Waals surface area contributed by atoms with Crippen LogP contribution in [0.3, 0.4) is 0 Å². The summed E-state index contributed by atoms with van der Waals surface area (Å²) in [4.78, 5) is 23.0. The highest BCUT2D eigenvalue weighted by Crippen LogP contribution is 2.21. The highest BCUT2D eigenvalue weighted by molar-refractivity contribution is 5.92. The number of imidazole rings is 1. The van der Waals surface area contributed by atoms with E-state index in [4.69, 9.17) is 9.68 Å². The third-order valence-electron chi connectivity index (χ3n) is 3.25. The second-order valence-corrected chi connectivity index (χ2v) is 4.85. The Morgan fingerprint density at radius 3 is 2.91 bits per heavy atom. The van der Waals surface area contributed by atoms with Crippen LogP contribution in [-0.4, -0.2) is 20.9 Å². The third kappa shape index (κ3) is 3.11. The standard InChI is InChI=1S/C16H13N5O2/c1-10-12(20-16(23-10)11-5-3-2-4-6-11)7-14(22)21-15-13(8-17)18-9-19-15/h2-6,9H,7H2,1H3,(H,18,19)(H,21,22). The number of benzene rings is 1. The van der Waals surface area contributed by atoms with E-state index in [2.05, 4.69) is 20.3 Å². The van der Waals surface area contributed by atoms with Crippen LogP contribution in [0.4, 0.5) is 5.82 Å². The first-order valence-corrected chi connectivity index (χ1v) is 6.92. The van der Waals surface area contributed by atoms with E-state index in [0.29, 0.717) is 17.3 Å². The molecule has 1 aromatic carbocycles. The molecule has 7 heteroatoms. The van der Waals surface area contributed by atoms with Crippen molar-refractivity contribution in [1.29, 1.82) is 5.26 Å². The Balaban J connectivity index is 1.75. The van der Waals surface area contributed by atoms with Crippen LogP contribution in [-0.2, 0) is 11.2 Å². The van der Waals surface area contributed by atoms with Crippen molar-refractivity contribution in [2.75, 3.05) is 5.32 Å². The molecule has 0 aliphatic heterocycles. The number of carbonyl (C=O) groups is 1. The molecule has 0 aliphatic carbocycles. The molecule has 2 heterocycles. The average Bonchev–Trinajstić information content (AvgIpc) is 3.15. The number of nitrogens with zero attached hydrogens (tertiary/aromatic N) is 3. The monoisotopic (exact) mass is 307 g/mol. The summed E-state index contributed by atoms with van der Waals surface area (Å²) >= 11 is 0. The molecule has 0 aliphatic rings. The van der Waals surface area contributed by atoms with Crippen LogP contribution in [0.5, 0.6) is 0 Å². The van der Waals surface area contributed by atoms with E-state index in [9.17, 15) is 4.79 Å². The van der Waals surface area contributed by atoms with E-state index in [0.717, 1.165) is 5.56 Å². The van der Waals surface area contributed by atoms with Crippen molar-refractivity contribution in [3.8, 4) is 17.5 Å². The lowest BCUT2D eigenvalue weighted by Gasteiger charge is -2.00. The minimum atomic E-state index is -0.315. The first kappa shape index (κ1) is 14.5. The summed E-state index contributed by atoms with van der Waals surface area (Å²) in [5.74, 6) is 0.955. The summed E-state index contributed by atoms with van der Waals surface area (Å²) in [6.07, 6.45) is 1.39. The molecular weight excluding hydrogens is 294 g/mol. The van der Waals surface area contributed by atoms with Crippen molar-refractivity contribution >= 4 is 11.7 Å². The van der Waals surface area contributed by atoms with Crippen LogP contribution in [0.25, 0.3) is 11.5 Å². The molecule has 0 bridgehead atoms. The van der Waals surface area contributed by atoms with Crippen molar-refractivity contribution in [2.45, 2.75) is 13.3 Å². The summed E-state index contributed by atoms with van der Waals surface area (Å²) in [5.41, 5.74) is 1.61. The summed E-state index contributed by atoms with van der Waals surface area (Å²) in [6.45, 7) is 1.76. The average molecular weight is 307 g/mol. The number of rotatable bonds is 4. The fourth-order valence-electron chi connectivity index (χ4n) is 2.10. The maximum absolute atomic E-state index is 12.1. The van der Waals surface area contributed by atoms with Crippen molar-refractivity contribution in [3.05, 3.63) is 53.8 Å². The second kappa shape index (κ2) is 6.15. The largest absolute Gasteiger partial charge is 0.441 e. The lowest BCUT2D eigenvalue weighted by molar-refractivity contribution is -0.115. The lowest BCUT2D eigenvalue weighted by atomic mass is 10.2. The predicted molar refractivity (Wildman–Crippen MR) is 82.3 cm³/mol. The first-order chi connectivity index (χ1) is 11.2. The fraction of sp³-hybridized carbons (Fsp3) is 0.125. The van der Waals surface area contributed by atoms with Crippen LogP contribution in [0.2, 0.25) is 0 Å². The molecule has 2 N–H and O–H groups in total. The second-order valence-electron chi connectivity index (χ2n) is 4.85. The molecule has 0 fully saturated rings. The summed E-state index contributed by atoms with van der Waals surface area (Å²) in [5, 5.41) is 11.5. The Hall–Kier alpha value is -3.40. The van der Waals surface area contributed by atoms with E-state index in [1.807, 2.05) is 36.4 Å². The van der Waals surface area contributed by atoms with E-state index < -0.39 is 0 Å². The Bertz CT molecular complexity index is 874. The summed E-state index contributed by atoms with van der Waals surface area (Å²) in [6, 6.07) is 11.4. The van der Waals surface area contributed by atoms with Crippen LogP contribution in [0.1, 0.15) is 17.1 Å². The van der Waals surface area contributed by atoms with Gasteiger partial charge in [0.15, 0.2) is 11.5 Å². The van der Waals surface area contributed by atoms with Gasteiger partial charge in [0.05, 0.1) is 18.4 Å². The molecule has 3 aromatic rings. The van der Waals surface area contributed by atoms with Gasteiger partial charge in [0, 0.05) is 5.56 Å². The molecule has 0 saturated heterocycles. The van der Waals surface area contributed by atoms with Gasteiger partial charge in [0.25, 0.3) is 0 Å². The van der Waals surface area contributed by atoms with Gasteiger partial charge in [0.1, 0.15) is 11.8 Å². The number of anilines is 1. The van der Waals surface area contributed by atoms with Crippen molar-refractivity contribution in [2.24, 2.45) is 0 Å². The number of oxazole rings is 1. The van der Waals surface area contributed by atoms with Gasteiger partial charge in [0.2, 0.25) is 11.8 Å². The van der Waals surface area contributed by atoms with Gasteiger partial charge >= 0.3 is 0 Å². The quantitative estimate of drug-likeness (QED) is 0.769. The van der Waals surface area contributed by atoms with Gasteiger partial charge in [-0.1, -0.05) is 18.2 Å². The van der Waals surface area contributed by atoms with Crippen LogP contribution >= 0.6 is 0 Å². The van der Waals surface area contributed by atoms with E-state index in [1.165, 1.54) is 6.33 Å². The minimum absolute atomic E-state index is 0.0416. The zero-order chi connectivity index (χ0) is 16.2. The van der Waals surface area contributed by atoms with Crippen LogP contribution in [0.15, 0.2) is 41.1 Å². The molecule has 3 rings (SSSR count). The Kier molecular flexibility index (Phi) is 3.89. The zero-order valence-electron chi connectivity index (χ0n) is 12.3.